The van der Waals surface area contributed by atoms with Crippen molar-refractivity contribution in [1.82, 2.24) is 4.98 Å². The quantitative estimate of drug-likeness (QED) is 0.754. The average molecular weight is 247 g/mol. The summed E-state index contributed by atoms with van der Waals surface area (Å²) in [6, 6.07) is 3.44. The van der Waals surface area contributed by atoms with Crippen LogP contribution in [0.15, 0.2) is 16.9 Å². The van der Waals surface area contributed by atoms with Crippen molar-refractivity contribution in [2.45, 2.75) is 0 Å². The van der Waals surface area contributed by atoms with E-state index in [4.69, 9.17) is 21.6 Å². The van der Waals surface area contributed by atoms with Crippen molar-refractivity contribution in [3.8, 4) is 11.8 Å². The van der Waals surface area contributed by atoms with Gasteiger partial charge >= 0.3 is 0 Å². The summed E-state index contributed by atoms with van der Waals surface area (Å²) >= 11 is 8.81. The molecule has 0 spiro atoms. The molecule has 0 atom stereocenters. The standard InChI is InChI=1S/C7H4BrClN2O/c8-7-6(12-2-1-10)3-5(9)4-11-7/h3-4H,2H2. The van der Waals surface area contributed by atoms with E-state index in [1.165, 1.54) is 6.20 Å². The molecule has 5 heteroatoms. The first-order valence-corrected chi connectivity index (χ1v) is 4.22. The number of pyridine rings is 1. The summed E-state index contributed by atoms with van der Waals surface area (Å²) in [5.74, 6) is 0.476. The van der Waals surface area contributed by atoms with Crippen molar-refractivity contribution in [2.75, 3.05) is 6.61 Å². The Labute approximate surface area is 83.1 Å². The highest BCUT2D eigenvalue weighted by Gasteiger charge is 2.02. The van der Waals surface area contributed by atoms with Gasteiger partial charge in [0.15, 0.2) is 12.4 Å². The van der Waals surface area contributed by atoms with E-state index >= 15 is 0 Å². The molecule has 0 unspecified atom stereocenters. The molecular weight excluding hydrogens is 243 g/mol. The van der Waals surface area contributed by atoms with Gasteiger partial charge in [0.25, 0.3) is 0 Å². The fraction of sp³-hybridized carbons (Fsp3) is 0.143. The van der Waals surface area contributed by atoms with Gasteiger partial charge in [0.1, 0.15) is 10.7 Å². The third-order valence-corrected chi connectivity index (χ3v) is 1.87. The molecule has 0 aliphatic carbocycles. The Morgan fingerprint density at radius 1 is 1.75 bits per heavy atom. The molecule has 12 heavy (non-hydrogen) atoms. The second-order valence-corrected chi connectivity index (χ2v) is 3.08. The number of rotatable bonds is 2. The van der Waals surface area contributed by atoms with E-state index in [1.807, 2.05) is 6.07 Å². The molecule has 1 aromatic rings. The SMILES string of the molecule is N#CCOc1cc(Cl)cnc1Br. The number of halogens is 2. The maximum Gasteiger partial charge on any atom is 0.174 e. The molecule has 62 valence electrons. The zero-order valence-corrected chi connectivity index (χ0v) is 8.26. The van der Waals surface area contributed by atoms with Crippen LogP contribution >= 0.6 is 27.5 Å². The van der Waals surface area contributed by atoms with E-state index in [2.05, 4.69) is 20.9 Å². The van der Waals surface area contributed by atoms with Gasteiger partial charge < -0.3 is 4.74 Å². The first-order valence-electron chi connectivity index (χ1n) is 3.05. The highest BCUT2D eigenvalue weighted by atomic mass is 79.9. The minimum atomic E-state index is -0.0133. The van der Waals surface area contributed by atoms with Gasteiger partial charge in [-0.05, 0) is 15.9 Å². The van der Waals surface area contributed by atoms with Gasteiger partial charge in [0.05, 0.1) is 5.02 Å². The smallest absolute Gasteiger partial charge is 0.174 e. The van der Waals surface area contributed by atoms with Crippen LogP contribution in [0.1, 0.15) is 0 Å². The van der Waals surface area contributed by atoms with Crippen LogP contribution in [0.4, 0.5) is 0 Å². The van der Waals surface area contributed by atoms with Crippen molar-refractivity contribution in [2.24, 2.45) is 0 Å². The van der Waals surface area contributed by atoms with E-state index in [-0.39, 0.29) is 6.61 Å². The molecule has 0 fully saturated rings. The summed E-state index contributed by atoms with van der Waals surface area (Å²) in [7, 11) is 0. The minimum absolute atomic E-state index is 0.0133. The molecule has 0 aliphatic rings. The van der Waals surface area contributed by atoms with E-state index in [9.17, 15) is 0 Å². The molecular formula is C7H4BrClN2O. The molecule has 0 saturated carbocycles. The number of ether oxygens (including phenoxy) is 1. The summed E-state index contributed by atoms with van der Waals surface area (Å²) in [6.07, 6.45) is 1.49. The molecule has 1 rings (SSSR count). The Hall–Kier alpha value is -0.790. The van der Waals surface area contributed by atoms with Gasteiger partial charge in [-0.15, -0.1) is 0 Å². The predicted molar refractivity (Wildman–Crippen MR) is 48.1 cm³/mol. The summed E-state index contributed by atoms with van der Waals surface area (Å²) in [6.45, 7) is -0.0133. The maximum absolute atomic E-state index is 8.24. The zero-order valence-electron chi connectivity index (χ0n) is 5.92. The lowest BCUT2D eigenvalue weighted by Gasteiger charge is -2.02. The number of hydrogen-bond donors (Lipinski definition) is 0. The van der Waals surface area contributed by atoms with Crippen molar-refractivity contribution in [1.29, 1.82) is 5.26 Å². The van der Waals surface area contributed by atoms with Crippen LogP contribution in [-0.4, -0.2) is 11.6 Å². The number of nitriles is 1. The predicted octanol–water partition coefficient (Wildman–Crippen LogP) is 2.40. The normalized spacial score (nSPS) is 9.08. The lowest BCUT2D eigenvalue weighted by Crippen LogP contribution is -1.95. The van der Waals surface area contributed by atoms with Crippen LogP contribution in [0.3, 0.4) is 0 Å². The molecule has 0 N–H and O–H groups in total. The van der Waals surface area contributed by atoms with Crippen LogP contribution in [0.5, 0.6) is 5.75 Å². The summed E-state index contributed by atoms with van der Waals surface area (Å²) in [4.78, 5) is 3.88. The van der Waals surface area contributed by atoms with Crippen LogP contribution in [0, 0.1) is 11.3 Å². The third-order valence-electron chi connectivity index (χ3n) is 1.07. The summed E-state index contributed by atoms with van der Waals surface area (Å²) < 4.78 is 5.56. The fourth-order valence-corrected chi connectivity index (χ4v) is 1.09. The van der Waals surface area contributed by atoms with Gasteiger partial charge in [-0.1, -0.05) is 11.6 Å². The molecule has 0 amide bonds. The lowest BCUT2D eigenvalue weighted by atomic mass is 10.5. The molecule has 0 aliphatic heterocycles. The van der Waals surface area contributed by atoms with Crippen LogP contribution in [0.25, 0.3) is 0 Å². The van der Waals surface area contributed by atoms with Crippen molar-refractivity contribution >= 4 is 27.5 Å². The van der Waals surface area contributed by atoms with Gasteiger partial charge in [-0.3, -0.25) is 0 Å². The Morgan fingerprint density at radius 3 is 3.17 bits per heavy atom. The van der Waals surface area contributed by atoms with Crippen LogP contribution < -0.4 is 4.74 Å². The lowest BCUT2D eigenvalue weighted by molar-refractivity contribution is 0.364. The number of aromatic nitrogens is 1. The molecule has 1 heterocycles. The first-order chi connectivity index (χ1) is 5.74. The van der Waals surface area contributed by atoms with Gasteiger partial charge in [0, 0.05) is 12.3 Å². The third kappa shape index (κ3) is 2.36. The Bertz CT molecular complexity index is 324. The molecule has 0 bridgehead atoms. The molecule has 0 aromatic carbocycles. The minimum Gasteiger partial charge on any atom is -0.476 e. The Kier molecular flexibility index (Phi) is 3.32. The topological polar surface area (TPSA) is 45.9 Å². The largest absolute Gasteiger partial charge is 0.476 e. The van der Waals surface area contributed by atoms with Crippen LogP contribution in [0.2, 0.25) is 5.02 Å². The molecule has 0 radical (unpaired) electrons. The van der Waals surface area contributed by atoms with Crippen molar-refractivity contribution < 1.29 is 4.74 Å². The number of nitrogens with zero attached hydrogens (tertiary/aromatic N) is 2. The zero-order chi connectivity index (χ0) is 8.97. The van der Waals surface area contributed by atoms with E-state index < -0.39 is 0 Å². The second kappa shape index (κ2) is 4.29. The Morgan fingerprint density at radius 2 is 2.50 bits per heavy atom. The second-order valence-electron chi connectivity index (χ2n) is 1.89. The first kappa shape index (κ1) is 9.30. The average Bonchev–Trinajstić information content (AvgIpc) is 2.07. The van der Waals surface area contributed by atoms with E-state index in [1.54, 1.807) is 6.07 Å². The Balaban J connectivity index is 2.84. The highest BCUT2D eigenvalue weighted by molar-refractivity contribution is 9.10. The maximum atomic E-state index is 8.24. The monoisotopic (exact) mass is 246 g/mol. The van der Waals surface area contributed by atoms with Gasteiger partial charge in [-0.25, -0.2) is 4.98 Å². The van der Waals surface area contributed by atoms with Crippen molar-refractivity contribution in [3.63, 3.8) is 0 Å². The molecule has 3 nitrogen and oxygen atoms in total. The van der Waals surface area contributed by atoms with Crippen LogP contribution in [-0.2, 0) is 0 Å². The molecule has 0 saturated heterocycles. The van der Waals surface area contributed by atoms with E-state index in [0.29, 0.717) is 15.4 Å². The van der Waals surface area contributed by atoms with Gasteiger partial charge in [-0.2, -0.15) is 5.26 Å². The van der Waals surface area contributed by atoms with Crippen molar-refractivity contribution in [3.05, 3.63) is 21.9 Å². The van der Waals surface area contributed by atoms with Gasteiger partial charge in [0.2, 0.25) is 0 Å². The summed E-state index contributed by atoms with van der Waals surface area (Å²) in [5.41, 5.74) is 0. The highest BCUT2D eigenvalue weighted by Crippen LogP contribution is 2.25. The van der Waals surface area contributed by atoms with E-state index in [0.717, 1.165) is 0 Å². The summed E-state index contributed by atoms with van der Waals surface area (Å²) in [5, 5.41) is 8.72. The fourth-order valence-electron chi connectivity index (χ4n) is 0.615. The molecule has 1 aromatic heterocycles. The number of hydrogen-bond acceptors (Lipinski definition) is 3.